The molecule has 2 fully saturated rings. The number of aliphatic carboxylic acids is 1. The van der Waals surface area contributed by atoms with Gasteiger partial charge in [-0.1, -0.05) is 6.92 Å². The van der Waals surface area contributed by atoms with Crippen LogP contribution in [0.3, 0.4) is 0 Å². The summed E-state index contributed by atoms with van der Waals surface area (Å²) in [5, 5.41) is 14.5. The van der Waals surface area contributed by atoms with Crippen LogP contribution in [-0.2, 0) is 9.53 Å². The normalized spacial score (nSPS) is 27.1. The van der Waals surface area contributed by atoms with E-state index in [-0.39, 0.29) is 24.1 Å². The van der Waals surface area contributed by atoms with Crippen molar-refractivity contribution in [3.8, 4) is 0 Å². The van der Waals surface area contributed by atoms with Gasteiger partial charge in [0.25, 0.3) is 0 Å². The second-order valence-electron chi connectivity index (χ2n) is 5.85. The van der Waals surface area contributed by atoms with Crippen LogP contribution < -0.4 is 10.6 Å². The molecule has 6 nitrogen and oxygen atoms in total. The summed E-state index contributed by atoms with van der Waals surface area (Å²) >= 11 is 0. The number of carboxylic acid groups (broad SMARTS) is 1. The first-order valence-electron chi connectivity index (χ1n) is 7.46. The fourth-order valence-corrected chi connectivity index (χ4v) is 2.61. The maximum Gasteiger partial charge on any atom is 0.315 e. The number of hydrogen-bond acceptors (Lipinski definition) is 3. The zero-order valence-corrected chi connectivity index (χ0v) is 11.9. The molecule has 1 saturated heterocycles. The minimum absolute atomic E-state index is 0.125. The van der Waals surface area contributed by atoms with E-state index >= 15 is 0 Å². The summed E-state index contributed by atoms with van der Waals surface area (Å²) in [6.45, 7) is 2.91. The first-order chi connectivity index (χ1) is 9.58. The number of amides is 2. The summed E-state index contributed by atoms with van der Waals surface area (Å²) < 4.78 is 5.67. The van der Waals surface area contributed by atoms with Crippen LogP contribution in [0.4, 0.5) is 4.79 Å². The van der Waals surface area contributed by atoms with Gasteiger partial charge in [0, 0.05) is 13.2 Å². The maximum absolute atomic E-state index is 11.8. The van der Waals surface area contributed by atoms with Crippen LogP contribution in [0.15, 0.2) is 0 Å². The highest BCUT2D eigenvalue weighted by molar-refractivity contribution is 5.74. The average molecular weight is 284 g/mol. The molecular formula is C14H24N2O4. The van der Waals surface area contributed by atoms with Gasteiger partial charge in [-0.15, -0.1) is 0 Å². The van der Waals surface area contributed by atoms with E-state index in [1.165, 1.54) is 12.8 Å². The van der Waals surface area contributed by atoms with Crippen molar-refractivity contribution in [2.24, 2.45) is 11.8 Å². The Labute approximate surface area is 119 Å². The van der Waals surface area contributed by atoms with Crippen molar-refractivity contribution in [2.45, 2.75) is 51.2 Å². The minimum atomic E-state index is -0.787. The number of nitrogens with one attached hydrogen (secondary N) is 2. The van der Waals surface area contributed by atoms with Gasteiger partial charge >= 0.3 is 12.0 Å². The molecule has 0 aromatic heterocycles. The smallest absolute Gasteiger partial charge is 0.315 e. The van der Waals surface area contributed by atoms with Crippen LogP contribution in [0.5, 0.6) is 0 Å². The van der Waals surface area contributed by atoms with E-state index in [2.05, 4.69) is 10.6 Å². The van der Waals surface area contributed by atoms with E-state index in [4.69, 9.17) is 9.84 Å². The molecule has 2 aliphatic rings. The Balaban J connectivity index is 1.59. The van der Waals surface area contributed by atoms with Crippen molar-refractivity contribution in [3.63, 3.8) is 0 Å². The first-order valence-corrected chi connectivity index (χ1v) is 7.46. The van der Waals surface area contributed by atoms with Crippen LogP contribution in [0.2, 0.25) is 0 Å². The predicted octanol–water partition coefficient (Wildman–Crippen LogP) is 1.35. The molecule has 1 aliphatic carbocycles. The van der Waals surface area contributed by atoms with Crippen molar-refractivity contribution >= 4 is 12.0 Å². The molecule has 3 N–H and O–H groups in total. The SMILES string of the molecule is CC(CCCNC(=O)NC1CCOC1C1CC1)C(=O)O. The molecule has 0 spiro atoms. The molecule has 0 bridgehead atoms. The topological polar surface area (TPSA) is 87.7 Å². The van der Waals surface area contributed by atoms with E-state index in [9.17, 15) is 9.59 Å². The lowest BCUT2D eigenvalue weighted by Gasteiger charge is -2.19. The lowest BCUT2D eigenvalue weighted by Crippen LogP contribution is -2.46. The van der Waals surface area contributed by atoms with Crippen LogP contribution in [0.25, 0.3) is 0 Å². The van der Waals surface area contributed by atoms with Gasteiger partial charge in [0.15, 0.2) is 0 Å². The molecular weight excluding hydrogens is 260 g/mol. The van der Waals surface area contributed by atoms with Crippen LogP contribution in [-0.4, -0.2) is 42.4 Å². The van der Waals surface area contributed by atoms with E-state index in [1.54, 1.807) is 6.92 Å². The number of hydrogen-bond donors (Lipinski definition) is 3. The first kappa shape index (κ1) is 15.1. The molecule has 6 heteroatoms. The Hall–Kier alpha value is -1.30. The summed E-state index contributed by atoms with van der Waals surface area (Å²) in [6.07, 6.45) is 4.73. The van der Waals surface area contributed by atoms with Gasteiger partial charge in [-0.2, -0.15) is 0 Å². The number of carboxylic acids is 1. The second-order valence-corrected chi connectivity index (χ2v) is 5.85. The number of rotatable bonds is 7. The van der Waals surface area contributed by atoms with Crippen molar-refractivity contribution in [1.82, 2.24) is 10.6 Å². The van der Waals surface area contributed by atoms with Gasteiger partial charge in [-0.25, -0.2) is 4.79 Å². The standard InChI is InChI=1S/C14H24N2O4/c1-9(13(17)18)3-2-7-15-14(19)16-11-6-8-20-12(11)10-4-5-10/h9-12H,2-8H2,1H3,(H,17,18)(H2,15,16,19). The number of urea groups is 1. The van der Waals surface area contributed by atoms with Crippen molar-refractivity contribution in [1.29, 1.82) is 0 Å². The molecule has 114 valence electrons. The van der Waals surface area contributed by atoms with Crippen LogP contribution in [0, 0.1) is 11.8 Å². The van der Waals surface area contributed by atoms with Gasteiger partial charge in [0.05, 0.1) is 18.1 Å². The van der Waals surface area contributed by atoms with E-state index in [1.807, 2.05) is 0 Å². The molecule has 1 aliphatic heterocycles. The zero-order chi connectivity index (χ0) is 14.5. The van der Waals surface area contributed by atoms with Gasteiger partial charge < -0.3 is 20.5 Å². The Kier molecular flexibility index (Phi) is 5.23. The summed E-state index contributed by atoms with van der Waals surface area (Å²) in [6, 6.07) is -0.0467. The molecule has 2 amide bonds. The van der Waals surface area contributed by atoms with Crippen molar-refractivity contribution in [3.05, 3.63) is 0 Å². The number of ether oxygens (including phenoxy) is 1. The third-order valence-electron chi connectivity index (χ3n) is 4.06. The highest BCUT2D eigenvalue weighted by atomic mass is 16.5. The molecule has 3 atom stereocenters. The minimum Gasteiger partial charge on any atom is -0.481 e. The Morgan fingerprint density at radius 3 is 2.75 bits per heavy atom. The quantitative estimate of drug-likeness (QED) is 0.616. The third kappa shape index (κ3) is 4.37. The predicted molar refractivity (Wildman–Crippen MR) is 73.4 cm³/mol. The van der Waals surface area contributed by atoms with Gasteiger partial charge in [-0.3, -0.25) is 4.79 Å². The maximum atomic E-state index is 11.8. The molecule has 1 saturated carbocycles. The molecule has 0 radical (unpaired) electrons. The van der Waals surface area contributed by atoms with E-state index in [0.29, 0.717) is 25.3 Å². The highest BCUT2D eigenvalue weighted by Crippen LogP contribution is 2.38. The Bertz CT molecular complexity index is 357. The molecule has 1 heterocycles. The molecule has 3 unspecified atom stereocenters. The summed E-state index contributed by atoms with van der Waals surface area (Å²) in [5.41, 5.74) is 0. The molecule has 20 heavy (non-hydrogen) atoms. The fraction of sp³-hybridized carbons (Fsp3) is 0.857. The second kappa shape index (κ2) is 6.92. The van der Waals surface area contributed by atoms with Crippen molar-refractivity contribution in [2.75, 3.05) is 13.2 Å². The zero-order valence-electron chi connectivity index (χ0n) is 11.9. The lowest BCUT2D eigenvalue weighted by molar-refractivity contribution is -0.141. The van der Waals surface area contributed by atoms with Gasteiger partial charge in [-0.05, 0) is 38.0 Å². The Morgan fingerprint density at radius 2 is 2.10 bits per heavy atom. The summed E-state index contributed by atoms with van der Waals surface area (Å²) in [7, 11) is 0. The van der Waals surface area contributed by atoms with Crippen LogP contribution in [0.1, 0.15) is 39.0 Å². The Morgan fingerprint density at radius 1 is 1.35 bits per heavy atom. The van der Waals surface area contributed by atoms with Crippen LogP contribution >= 0.6 is 0 Å². The largest absolute Gasteiger partial charge is 0.481 e. The third-order valence-corrected chi connectivity index (χ3v) is 4.06. The molecule has 0 aromatic rings. The fourth-order valence-electron chi connectivity index (χ4n) is 2.61. The monoisotopic (exact) mass is 284 g/mol. The summed E-state index contributed by atoms with van der Waals surface area (Å²) in [4.78, 5) is 22.4. The van der Waals surface area contributed by atoms with E-state index in [0.717, 1.165) is 13.0 Å². The van der Waals surface area contributed by atoms with Gasteiger partial charge in [0.2, 0.25) is 0 Å². The molecule has 2 rings (SSSR count). The lowest BCUT2D eigenvalue weighted by atomic mass is 10.1. The van der Waals surface area contributed by atoms with Crippen molar-refractivity contribution < 1.29 is 19.4 Å². The number of carbonyl (C=O) groups is 2. The number of carbonyl (C=O) groups excluding carboxylic acids is 1. The van der Waals surface area contributed by atoms with Gasteiger partial charge in [0.1, 0.15) is 0 Å². The van der Waals surface area contributed by atoms with E-state index < -0.39 is 5.97 Å². The molecule has 0 aromatic carbocycles. The average Bonchev–Trinajstić information content (AvgIpc) is 3.15. The highest BCUT2D eigenvalue weighted by Gasteiger charge is 2.41. The summed E-state index contributed by atoms with van der Waals surface area (Å²) in [5.74, 6) is -0.522.